The van der Waals surface area contributed by atoms with E-state index in [9.17, 15) is 0 Å². The Labute approximate surface area is 541 Å². The Balaban J connectivity index is 0.000000137. The largest absolute Gasteiger partial charge is 0.455 e. The molecule has 0 saturated carbocycles. The summed E-state index contributed by atoms with van der Waals surface area (Å²) in [6, 6.07) is 106. The van der Waals surface area contributed by atoms with Crippen molar-refractivity contribution in [3.63, 3.8) is 0 Å². The van der Waals surface area contributed by atoms with Crippen LogP contribution in [0.15, 0.2) is 308 Å². The summed E-state index contributed by atoms with van der Waals surface area (Å²) in [4.78, 5) is 30.5. The van der Waals surface area contributed by atoms with Gasteiger partial charge < -0.3 is 4.42 Å². The highest BCUT2D eigenvalue weighted by Gasteiger charge is 2.21. The van der Waals surface area contributed by atoms with E-state index in [1.54, 1.807) is 0 Å². The lowest BCUT2D eigenvalue weighted by Gasteiger charge is -2.12. The molecule has 14 aromatic carbocycles. The Kier molecular flexibility index (Phi) is 13.1. The van der Waals surface area contributed by atoms with Crippen molar-refractivity contribution in [3.8, 4) is 90.6 Å². The van der Waals surface area contributed by atoms with Crippen LogP contribution in [0.4, 0.5) is 0 Å². The van der Waals surface area contributed by atoms with Gasteiger partial charge in [-0.05, 0) is 74.8 Å². The molecule has 19 aromatic rings. The van der Waals surface area contributed by atoms with Crippen LogP contribution in [-0.2, 0) is 0 Å². The van der Waals surface area contributed by atoms with Crippen LogP contribution in [0.5, 0.6) is 0 Å². The van der Waals surface area contributed by atoms with Gasteiger partial charge in [-0.3, -0.25) is 0 Å². The minimum atomic E-state index is 0.626. The van der Waals surface area contributed by atoms with Crippen LogP contribution < -0.4 is 0 Å². The zero-order valence-electron chi connectivity index (χ0n) is 49.8. The van der Waals surface area contributed by atoms with Crippen molar-refractivity contribution >= 4 is 117 Å². The van der Waals surface area contributed by atoms with Crippen LogP contribution in [0.2, 0.25) is 0 Å². The minimum Gasteiger partial charge on any atom is -0.455 e. The van der Waals surface area contributed by atoms with E-state index in [2.05, 4.69) is 237 Å². The van der Waals surface area contributed by atoms with Gasteiger partial charge in [0.1, 0.15) is 11.2 Å². The summed E-state index contributed by atoms with van der Waals surface area (Å²) >= 11 is 3.69. The molecule has 434 valence electrons. The second-order valence-corrected chi connectivity index (χ2v) is 25.3. The molecule has 5 aromatic heterocycles. The molecule has 7 nitrogen and oxygen atoms in total. The maximum absolute atomic E-state index is 6.37. The lowest BCUT2D eigenvalue weighted by molar-refractivity contribution is 0.672. The fraction of sp³-hybridized carbons (Fsp3) is 0. The molecule has 0 radical (unpaired) electrons. The molecule has 0 bridgehead atoms. The van der Waals surface area contributed by atoms with E-state index >= 15 is 0 Å². The van der Waals surface area contributed by atoms with Crippen LogP contribution >= 0.6 is 22.7 Å². The fourth-order valence-corrected chi connectivity index (χ4v) is 15.7. The van der Waals surface area contributed by atoms with Gasteiger partial charge in [0.25, 0.3) is 0 Å². The van der Waals surface area contributed by atoms with Crippen LogP contribution in [0, 0.1) is 0 Å². The first kappa shape index (κ1) is 54.1. The van der Waals surface area contributed by atoms with Gasteiger partial charge in [-0.1, -0.05) is 267 Å². The second kappa shape index (κ2) is 22.6. The summed E-state index contributed by atoms with van der Waals surface area (Å²) in [6.45, 7) is 0. The van der Waals surface area contributed by atoms with E-state index in [1.165, 1.54) is 51.1 Å². The number of aromatic nitrogens is 6. The van der Waals surface area contributed by atoms with Crippen molar-refractivity contribution in [2.24, 2.45) is 0 Å². The van der Waals surface area contributed by atoms with Crippen LogP contribution in [0.25, 0.3) is 185 Å². The zero-order valence-corrected chi connectivity index (χ0v) is 51.4. The van der Waals surface area contributed by atoms with Crippen molar-refractivity contribution in [1.29, 1.82) is 0 Å². The van der Waals surface area contributed by atoms with E-state index in [1.807, 2.05) is 89.4 Å². The Hall–Kier alpha value is -11.9. The molecule has 0 N–H and O–H groups in total. The lowest BCUT2D eigenvalue weighted by atomic mass is 9.95. The first-order valence-corrected chi connectivity index (χ1v) is 32.6. The maximum atomic E-state index is 6.37. The number of thiophene rings is 2. The molecule has 5 heterocycles. The van der Waals surface area contributed by atoms with Crippen molar-refractivity contribution < 1.29 is 4.42 Å². The van der Waals surface area contributed by atoms with Gasteiger partial charge in [0.05, 0.1) is 0 Å². The van der Waals surface area contributed by atoms with E-state index in [0.29, 0.717) is 34.9 Å². The molecular weight excluding hydrogens is 1170 g/mol. The third kappa shape index (κ3) is 9.56. The van der Waals surface area contributed by atoms with Gasteiger partial charge in [0.2, 0.25) is 0 Å². The zero-order chi connectivity index (χ0) is 61.3. The summed E-state index contributed by atoms with van der Waals surface area (Å²) in [5.74, 6) is 3.92. The second-order valence-electron chi connectivity index (χ2n) is 23.2. The topological polar surface area (TPSA) is 90.5 Å². The Bertz CT molecular complexity index is 5970. The van der Waals surface area contributed by atoms with Crippen molar-refractivity contribution in [1.82, 2.24) is 29.9 Å². The van der Waals surface area contributed by atoms with E-state index in [0.717, 1.165) is 99.1 Å². The quantitative estimate of drug-likeness (QED) is 0.150. The molecule has 0 amide bonds. The molecule has 0 unspecified atom stereocenters. The molecule has 0 saturated heterocycles. The summed E-state index contributed by atoms with van der Waals surface area (Å²) in [7, 11) is 0. The highest BCUT2D eigenvalue weighted by Crippen LogP contribution is 2.44. The van der Waals surface area contributed by atoms with Gasteiger partial charge in [-0.2, -0.15) is 0 Å². The van der Waals surface area contributed by atoms with Crippen LogP contribution in [-0.4, -0.2) is 29.9 Å². The SMILES string of the molecule is c1ccc(-c2cccc(-c3nc(-c4ccccc4)nc(-c4cccc(-c5cccc6c5ccc5c7ccccc7oc65)c4)n3)c2)cc1.c1ccc(-c2nc(-c3cccc4c3ccc3c5ccccc5sc43)nc(-c3cccc4c3ccc3c5ccccc5sc43)n2)cc1. The van der Waals surface area contributed by atoms with Gasteiger partial charge in [0.15, 0.2) is 34.9 Å². The average Bonchev–Trinajstić information content (AvgIpc) is 1.70. The predicted molar refractivity (Wildman–Crippen MR) is 389 cm³/mol. The summed E-state index contributed by atoms with van der Waals surface area (Å²) < 4.78 is 11.6. The molecule has 0 atom stereocenters. The van der Waals surface area contributed by atoms with Gasteiger partial charge >= 0.3 is 0 Å². The smallest absolute Gasteiger partial charge is 0.164 e. The third-order valence-corrected chi connectivity index (χ3v) is 20.1. The first-order chi connectivity index (χ1) is 46.1. The molecule has 9 heteroatoms. The highest BCUT2D eigenvalue weighted by molar-refractivity contribution is 7.27. The number of nitrogens with zero attached hydrogens (tertiary/aromatic N) is 6. The number of hydrogen-bond acceptors (Lipinski definition) is 9. The van der Waals surface area contributed by atoms with E-state index in [-0.39, 0.29) is 0 Å². The first-order valence-electron chi connectivity index (χ1n) is 31.0. The molecule has 93 heavy (non-hydrogen) atoms. The molecule has 0 spiro atoms. The highest BCUT2D eigenvalue weighted by atomic mass is 32.1. The van der Waals surface area contributed by atoms with Gasteiger partial charge in [0, 0.05) is 101 Å². The Morgan fingerprint density at radius 3 is 1.10 bits per heavy atom. The van der Waals surface area contributed by atoms with Crippen LogP contribution in [0.1, 0.15) is 0 Å². The Morgan fingerprint density at radius 1 is 0.204 bits per heavy atom. The van der Waals surface area contributed by atoms with E-state index in [4.69, 9.17) is 34.3 Å². The molecule has 0 aliphatic carbocycles. The average molecular weight is 1220 g/mol. The number of rotatable bonds is 8. The maximum Gasteiger partial charge on any atom is 0.164 e. The standard InChI is InChI=1S/C43H27N3O.C41H23N3S2/c1-3-12-28(13-4-1)30-16-9-18-32(26-30)42-44-41(29-14-5-2-6-15-29)45-43(46-42)33-19-10-17-31(27-33)34-21-11-22-37-35(34)24-25-38-36-20-7-8-23-39(36)47-40(37)38;1-2-10-24(11-3-1)39-42-40(33-16-8-14-29-25(33)20-22-31-27-12-4-6-18-35(27)45-37(29)31)44-41(43-39)34-17-9-15-30-26(34)21-23-32-28-13-5-7-19-36(28)46-38(30)32/h1-27H;1-23H. The summed E-state index contributed by atoms with van der Waals surface area (Å²) in [5, 5.41) is 14.4. The van der Waals surface area contributed by atoms with Gasteiger partial charge in [-0.25, -0.2) is 29.9 Å². The molecular formula is C84H50N6OS2. The number of fused-ring (bicyclic) bond motifs is 15. The van der Waals surface area contributed by atoms with Gasteiger partial charge in [-0.15, -0.1) is 22.7 Å². The number of para-hydroxylation sites is 1. The van der Waals surface area contributed by atoms with Crippen molar-refractivity contribution in [3.05, 3.63) is 303 Å². The summed E-state index contributed by atoms with van der Waals surface area (Å²) in [6.07, 6.45) is 0. The Morgan fingerprint density at radius 2 is 0.538 bits per heavy atom. The van der Waals surface area contributed by atoms with Crippen LogP contribution in [0.3, 0.4) is 0 Å². The lowest BCUT2D eigenvalue weighted by Crippen LogP contribution is -2.01. The minimum absolute atomic E-state index is 0.626. The van der Waals surface area contributed by atoms with E-state index < -0.39 is 0 Å². The third-order valence-electron chi connectivity index (χ3n) is 17.7. The van der Waals surface area contributed by atoms with Crippen molar-refractivity contribution in [2.75, 3.05) is 0 Å². The number of furan rings is 1. The summed E-state index contributed by atoms with van der Waals surface area (Å²) in [5.41, 5.74) is 12.1. The molecule has 0 aliphatic heterocycles. The molecule has 19 rings (SSSR count). The van der Waals surface area contributed by atoms with Crippen molar-refractivity contribution in [2.45, 2.75) is 0 Å². The number of benzene rings is 14. The molecule has 0 aliphatic rings. The predicted octanol–water partition coefficient (Wildman–Crippen LogP) is 23.2. The monoisotopic (exact) mass is 1220 g/mol. The molecule has 0 fully saturated rings. The normalized spacial score (nSPS) is 11.7. The fourth-order valence-electron chi connectivity index (χ4n) is 13.2. The number of hydrogen-bond donors (Lipinski definition) is 0.